The molecule has 2 amide bonds. The summed E-state index contributed by atoms with van der Waals surface area (Å²) in [5.41, 5.74) is -0.843. The highest BCUT2D eigenvalue weighted by molar-refractivity contribution is 6.00. The van der Waals surface area contributed by atoms with E-state index in [0.29, 0.717) is 90.7 Å². The Hall–Kier alpha value is -4.78. The van der Waals surface area contributed by atoms with Crippen LogP contribution in [0.4, 0.5) is 33.7 Å². The number of aromatic nitrogens is 1. The van der Waals surface area contributed by atoms with E-state index in [4.69, 9.17) is 23.7 Å². The molecule has 3 aromatic carbocycles. The normalized spacial score (nSPS) is 12.6. The molecule has 0 bridgehead atoms. The molecule has 0 unspecified atom stereocenters. The lowest BCUT2D eigenvalue weighted by molar-refractivity contribution is -0.137. The Morgan fingerprint density at radius 3 is 2.45 bits per heavy atom. The highest BCUT2D eigenvalue weighted by Crippen LogP contribution is 2.48. The number of alkyl halides is 3. The van der Waals surface area contributed by atoms with Crippen LogP contribution in [0.1, 0.15) is 12.0 Å². The second kappa shape index (κ2) is 12.4. The number of fused-ring (bicyclic) bond motifs is 3. The number of amides is 2. The number of benzene rings is 3. The van der Waals surface area contributed by atoms with Crippen molar-refractivity contribution in [1.82, 2.24) is 4.98 Å². The van der Waals surface area contributed by atoms with Gasteiger partial charge in [-0.05, 0) is 48.5 Å². The number of halogens is 4. The summed E-state index contributed by atoms with van der Waals surface area (Å²) < 4.78 is 81.7. The zero-order valence-electron chi connectivity index (χ0n) is 22.2. The molecule has 0 saturated carbocycles. The van der Waals surface area contributed by atoms with E-state index in [1.807, 2.05) is 0 Å². The fraction of sp³-hybridized carbons (Fsp3) is 0.241. The number of carbonyl (C=O) groups is 1. The summed E-state index contributed by atoms with van der Waals surface area (Å²) >= 11 is 0. The molecule has 0 saturated heterocycles. The lowest BCUT2D eigenvalue weighted by Gasteiger charge is -2.23. The van der Waals surface area contributed by atoms with Gasteiger partial charge in [0.15, 0.2) is 11.5 Å². The van der Waals surface area contributed by atoms with Crippen molar-refractivity contribution in [3.63, 3.8) is 0 Å². The molecule has 42 heavy (non-hydrogen) atoms. The molecule has 1 aliphatic rings. The van der Waals surface area contributed by atoms with Crippen LogP contribution >= 0.6 is 0 Å². The van der Waals surface area contributed by atoms with Crippen LogP contribution in [-0.4, -0.2) is 44.6 Å². The first-order valence-electron chi connectivity index (χ1n) is 12.8. The first kappa shape index (κ1) is 28.7. The van der Waals surface area contributed by atoms with Gasteiger partial charge in [0.05, 0.1) is 28.8 Å². The van der Waals surface area contributed by atoms with Gasteiger partial charge in [-0.3, -0.25) is 4.98 Å². The Balaban J connectivity index is 1.31. The zero-order valence-corrected chi connectivity index (χ0v) is 22.2. The van der Waals surface area contributed by atoms with Crippen LogP contribution < -0.4 is 29.6 Å². The third-order valence-electron chi connectivity index (χ3n) is 6.08. The van der Waals surface area contributed by atoms with Gasteiger partial charge in [0.25, 0.3) is 0 Å². The number of ether oxygens (including phenoxy) is 5. The maximum Gasteiger partial charge on any atom is 0.416 e. The molecule has 1 aromatic heterocycles. The number of methoxy groups -OCH3 is 1. The molecule has 5 rings (SSSR count). The van der Waals surface area contributed by atoms with Crippen molar-refractivity contribution in [2.45, 2.75) is 12.6 Å². The third-order valence-corrected chi connectivity index (χ3v) is 6.08. The van der Waals surface area contributed by atoms with E-state index in [2.05, 4.69) is 15.6 Å². The van der Waals surface area contributed by atoms with Crippen molar-refractivity contribution in [1.29, 1.82) is 0 Å². The van der Waals surface area contributed by atoms with Gasteiger partial charge in [-0.15, -0.1) is 0 Å². The second-order valence-electron chi connectivity index (χ2n) is 9.03. The molecule has 0 aliphatic carbocycles. The Morgan fingerprint density at radius 1 is 0.952 bits per heavy atom. The minimum atomic E-state index is -4.69. The van der Waals surface area contributed by atoms with E-state index in [1.165, 1.54) is 12.1 Å². The van der Waals surface area contributed by atoms with Gasteiger partial charge in [-0.1, -0.05) is 0 Å². The molecule has 2 heterocycles. The van der Waals surface area contributed by atoms with E-state index in [-0.39, 0.29) is 5.69 Å². The molecular formula is C29H25F4N3O6. The molecular weight excluding hydrogens is 562 g/mol. The smallest absolute Gasteiger partial charge is 0.416 e. The van der Waals surface area contributed by atoms with Crippen molar-refractivity contribution in [3.05, 3.63) is 72.2 Å². The van der Waals surface area contributed by atoms with Crippen LogP contribution in [0, 0.1) is 5.82 Å². The summed E-state index contributed by atoms with van der Waals surface area (Å²) in [6, 6.07) is 10.4. The summed E-state index contributed by atoms with van der Waals surface area (Å²) in [5.74, 6) is 1.23. The van der Waals surface area contributed by atoms with Crippen molar-refractivity contribution in [2.75, 3.05) is 44.2 Å². The SMILES string of the molecule is COCCCOc1cc2nccc(Oc3ccc(NC(=O)Nc4cc(C(F)(F)F)ccc4F)cc3)c2c2c1OCCO2. The number of nitrogens with one attached hydrogen (secondary N) is 2. The first-order chi connectivity index (χ1) is 20.2. The summed E-state index contributed by atoms with van der Waals surface area (Å²) in [6.45, 7) is 1.65. The highest BCUT2D eigenvalue weighted by atomic mass is 19.4. The lowest BCUT2D eigenvalue weighted by atomic mass is 10.1. The number of nitrogens with zero attached hydrogens (tertiary/aromatic N) is 1. The Morgan fingerprint density at radius 2 is 1.71 bits per heavy atom. The lowest BCUT2D eigenvalue weighted by Crippen LogP contribution is -2.20. The number of pyridine rings is 1. The van der Waals surface area contributed by atoms with Gasteiger partial charge >= 0.3 is 12.2 Å². The maximum atomic E-state index is 14.0. The van der Waals surface area contributed by atoms with Crippen LogP contribution in [0.25, 0.3) is 10.9 Å². The number of urea groups is 1. The maximum absolute atomic E-state index is 14.0. The first-order valence-corrected chi connectivity index (χ1v) is 12.8. The average molecular weight is 588 g/mol. The average Bonchev–Trinajstić information content (AvgIpc) is 2.97. The number of carbonyl (C=O) groups excluding carboxylic acids is 1. The fourth-order valence-electron chi connectivity index (χ4n) is 4.17. The number of rotatable bonds is 9. The monoisotopic (exact) mass is 587 g/mol. The predicted octanol–water partition coefficient (Wildman–Crippen LogP) is 7.02. The standard InChI is InChI=1S/C29H25F4N3O6/c1-38-11-2-12-39-24-16-22-25(27-26(24)40-13-14-41-27)23(9-10-34-22)42-19-6-4-18(5-7-19)35-28(37)36-21-15-17(29(31,32)33)3-8-20(21)30/h3-10,15-16H,2,11-14H2,1H3,(H2,35,36,37). The molecule has 4 aromatic rings. The topological polar surface area (TPSA) is 100 Å². The van der Waals surface area contributed by atoms with E-state index in [1.54, 1.807) is 37.6 Å². The van der Waals surface area contributed by atoms with Gasteiger partial charge in [-0.2, -0.15) is 13.2 Å². The van der Waals surface area contributed by atoms with Gasteiger partial charge in [-0.25, -0.2) is 9.18 Å². The molecule has 0 spiro atoms. The highest BCUT2D eigenvalue weighted by Gasteiger charge is 2.31. The van der Waals surface area contributed by atoms with E-state index in [9.17, 15) is 22.4 Å². The second-order valence-corrected chi connectivity index (χ2v) is 9.03. The molecule has 0 atom stereocenters. The number of hydrogen-bond acceptors (Lipinski definition) is 7. The van der Waals surface area contributed by atoms with Crippen LogP contribution in [0.3, 0.4) is 0 Å². The number of anilines is 2. The molecule has 13 heteroatoms. The van der Waals surface area contributed by atoms with Gasteiger partial charge in [0.2, 0.25) is 5.75 Å². The molecule has 1 aliphatic heterocycles. The molecule has 0 radical (unpaired) electrons. The minimum absolute atomic E-state index is 0.288. The molecule has 2 N–H and O–H groups in total. The van der Waals surface area contributed by atoms with E-state index < -0.39 is 29.3 Å². The van der Waals surface area contributed by atoms with Crippen LogP contribution in [0.2, 0.25) is 0 Å². The Kier molecular flexibility index (Phi) is 8.48. The van der Waals surface area contributed by atoms with Crippen molar-refractivity contribution >= 4 is 28.3 Å². The Bertz CT molecular complexity index is 1580. The van der Waals surface area contributed by atoms with Gasteiger partial charge in [0, 0.05) is 38.1 Å². The summed E-state index contributed by atoms with van der Waals surface area (Å²) in [4.78, 5) is 16.8. The molecule has 9 nitrogen and oxygen atoms in total. The quantitative estimate of drug-likeness (QED) is 0.160. The van der Waals surface area contributed by atoms with Crippen LogP contribution in [-0.2, 0) is 10.9 Å². The summed E-state index contributed by atoms with van der Waals surface area (Å²) in [6.07, 6.45) is -2.42. The molecule has 0 fully saturated rings. The zero-order chi connectivity index (χ0) is 29.7. The van der Waals surface area contributed by atoms with Crippen molar-refractivity contribution in [2.24, 2.45) is 0 Å². The third kappa shape index (κ3) is 6.57. The summed E-state index contributed by atoms with van der Waals surface area (Å²) in [7, 11) is 1.62. The summed E-state index contributed by atoms with van der Waals surface area (Å²) in [5, 5.41) is 5.12. The molecule has 220 valence electrons. The van der Waals surface area contributed by atoms with Gasteiger partial charge < -0.3 is 34.3 Å². The Labute approximate surface area is 237 Å². The largest absolute Gasteiger partial charge is 0.489 e. The van der Waals surface area contributed by atoms with E-state index in [0.717, 1.165) is 0 Å². The predicted molar refractivity (Wildman–Crippen MR) is 145 cm³/mol. The van der Waals surface area contributed by atoms with Crippen molar-refractivity contribution in [3.8, 4) is 28.7 Å². The van der Waals surface area contributed by atoms with E-state index >= 15 is 0 Å². The van der Waals surface area contributed by atoms with Crippen LogP contribution in [0.5, 0.6) is 28.7 Å². The fourth-order valence-corrected chi connectivity index (χ4v) is 4.17. The van der Waals surface area contributed by atoms with Crippen LogP contribution in [0.15, 0.2) is 60.8 Å². The minimum Gasteiger partial charge on any atom is -0.489 e. The number of hydrogen-bond donors (Lipinski definition) is 2. The van der Waals surface area contributed by atoms with Crippen molar-refractivity contribution < 1.29 is 46.0 Å². The van der Waals surface area contributed by atoms with Gasteiger partial charge in [0.1, 0.15) is 30.5 Å².